The molecule has 3 fully saturated rings. The van der Waals surface area contributed by atoms with Crippen molar-refractivity contribution < 1.29 is 38.3 Å². The van der Waals surface area contributed by atoms with Gasteiger partial charge in [-0.15, -0.1) is 0 Å². The smallest absolute Gasteiger partial charge is 0.349 e. The largest absolute Gasteiger partial charge is 0.467 e. The maximum absolute atomic E-state index is 13.5. The van der Waals surface area contributed by atoms with Gasteiger partial charge in [0.25, 0.3) is 0 Å². The van der Waals surface area contributed by atoms with Gasteiger partial charge >= 0.3 is 18.0 Å². The predicted octanol–water partition coefficient (Wildman–Crippen LogP) is 1.18. The quantitative estimate of drug-likeness (QED) is 0.156. The third-order valence-electron chi connectivity index (χ3n) is 7.21. The molecule has 4 aliphatic rings. The first-order valence-electron chi connectivity index (χ1n) is 12.8. The van der Waals surface area contributed by atoms with E-state index in [1.807, 2.05) is 13.8 Å². The first kappa shape index (κ1) is 28.6. The third-order valence-corrected chi connectivity index (χ3v) is 8.94. The third kappa shape index (κ3) is 5.13. The number of β-lactam (4-membered cyclic amide) rings is 1. The second-order valence-corrected chi connectivity index (χ2v) is 11.2. The molecule has 0 saturated carbocycles. The van der Waals surface area contributed by atoms with Crippen LogP contribution in [-0.2, 0) is 33.5 Å². The molecule has 0 N–H and O–H groups in total. The number of oxime groups is 1. The van der Waals surface area contributed by atoms with Crippen molar-refractivity contribution in [3.63, 3.8) is 0 Å². The van der Waals surface area contributed by atoms with E-state index in [1.54, 1.807) is 13.1 Å². The van der Waals surface area contributed by atoms with Crippen molar-refractivity contribution in [1.82, 2.24) is 14.7 Å². The average molecular weight is 564 g/mol. The fraction of sp³-hybridized carbons (Fsp3) is 0.640. The Kier molecular flexibility index (Phi) is 8.33. The number of aliphatic imine (C=N–C) groups is 1. The van der Waals surface area contributed by atoms with Gasteiger partial charge in [-0.25, -0.2) is 14.4 Å². The van der Waals surface area contributed by atoms with Gasteiger partial charge in [0.2, 0.25) is 16.9 Å². The number of allylic oxidation sites excluding steroid dienone is 2. The summed E-state index contributed by atoms with van der Waals surface area (Å²) in [6.45, 7) is 4.42. The van der Waals surface area contributed by atoms with Crippen molar-refractivity contribution in [3.8, 4) is 0 Å². The normalized spacial score (nSPS) is 27.1. The number of Topliss-reactive ketones (excluding diaryl/α,β-unsaturated/α-hetero) is 1. The van der Waals surface area contributed by atoms with Crippen molar-refractivity contribution in [2.75, 3.05) is 40.9 Å². The summed E-state index contributed by atoms with van der Waals surface area (Å²) in [6, 6.07) is -0.323. The maximum atomic E-state index is 13.5. The molecule has 4 rings (SSSR count). The summed E-state index contributed by atoms with van der Waals surface area (Å²) in [7, 11) is 4.13. The summed E-state index contributed by atoms with van der Waals surface area (Å²) in [5.74, 6) is -2.75. The lowest BCUT2D eigenvalue weighted by molar-refractivity contribution is -0.155. The minimum atomic E-state index is -1.39. The minimum absolute atomic E-state index is 0.0192. The Hall–Kier alpha value is -3.42. The molecule has 3 amide bonds. The zero-order chi connectivity index (χ0) is 28.5. The number of ether oxygens (including phenoxy) is 2. The van der Waals surface area contributed by atoms with Crippen molar-refractivity contribution in [3.05, 3.63) is 11.8 Å². The van der Waals surface area contributed by atoms with Gasteiger partial charge in [0.05, 0.1) is 37.8 Å². The fourth-order valence-electron chi connectivity index (χ4n) is 5.03. The number of carbonyl (C=O) groups excluding carboxylic acids is 5. The molecule has 13 nitrogen and oxygen atoms in total. The van der Waals surface area contributed by atoms with E-state index in [1.165, 1.54) is 28.9 Å². The van der Waals surface area contributed by atoms with Gasteiger partial charge < -0.3 is 24.1 Å². The molecule has 0 bridgehead atoms. The van der Waals surface area contributed by atoms with Crippen molar-refractivity contribution in [2.24, 2.45) is 16.1 Å². The van der Waals surface area contributed by atoms with Crippen LogP contribution in [-0.4, -0.2) is 113 Å². The van der Waals surface area contributed by atoms with Gasteiger partial charge in [0, 0.05) is 38.7 Å². The SMILES string of the molecule is CCCC(O/N=C(\C(=O)C[C@@H]1C(=O)N2C[C@@](C(=O)OC)(N3CCN(C)C3=O)S[C@H]12)C1=CCC(C)=N1)C(=O)OC. The highest BCUT2D eigenvalue weighted by Gasteiger charge is 2.66. The van der Waals surface area contributed by atoms with Crippen LogP contribution in [0.25, 0.3) is 0 Å². The summed E-state index contributed by atoms with van der Waals surface area (Å²) in [5, 5.41) is 3.52. The highest BCUT2D eigenvalue weighted by Crippen LogP contribution is 2.53. The number of esters is 2. The summed E-state index contributed by atoms with van der Waals surface area (Å²) in [6.07, 6.45) is 2.04. The highest BCUT2D eigenvalue weighted by molar-refractivity contribution is 8.02. The topological polar surface area (TPSA) is 147 Å². The van der Waals surface area contributed by atoms with Crippen LogP contribution in [0.15, 0.2) is 21.9 Å². The van der Waals surface area contributed by atoms with E-state index >= 15 is 0 Å². The van der Waals surface area contributed by atoms with Gasteiger partial charge in [-0.3, -0.25) is 19.5 Å². The first-order valence-corrected chi connectivity index (χ1v) is 13.6. The number of fused-ring (bicyclic) bond motifs is 1. The number of amides is 3. The van der Waals surface area contributed by atoms with E-state index in [9.17, 15) is 24.0 Å². The molecule has 0 aromatic heterocycles. The van der Waals surface area contributed by atoms with E-state index in [0.29, 0.717) is 38.0 Å². The number of ketones is 1. The lowest BCUT2D eigenvalue weighted by Crippen LogP contribution is -2.59. The van der Waals surface area contributed by atoms with E-state index in [2.05, 4.69) is 10.1 Å². The van der Waals surface area contributed by atoms with Gasteiger partial charge in [-0.05, 0) is 13.3 Å². The zero-order valence-electron chi connectivity index (χ0n) is 22.7. The monoisotopic (exact) mass is 563 g/mol. The number of likely N-dealkylation sites (N-methyl/N-ethyl adjacent to an activating group) is 1. The molecule has 4 aliphatic heterocycles. The first-order chi connectivity index (χ1) is 18.6. The Balaban J connectivity index is 1.55. The van der Waals surface area contributed by atoms with Crippen LogP contribution >= 0.6 is 11.8 Å². The summed E-state index contributed by atoms with van der Waals surface area (Å²) >= 11 is 1.16. The number of urea groups is 1. The highest BCUT2D eigenvalue weighted by atomic mass is 32.2. The summed E-state index contributed by atoms with van der Waals surface area (Å²) in [5.41, 5.74) is 1.01. The van der Waals surface area contributed by atoms with Crippen LogP contribution in [0.4, 0.5) is 4.79 Å². The second kappa shape index (κ2) is 11.4. The Morgan fingerprint density at radius 3 is 2.54 bits per heavy atom. The van der Waals surface area contributed by atoms with Crippen LogP contribution in [0.3, 0.4) is 0 Å². The molecule has 0 spiro atoms. The molecule has 14 heteroatoms. The molecule has 4 atom stereocenters. The number of hydrogen-bond donors (Lipinski definition) is 0. The van der Waals surface area contributed by atoms with Crippen LogP contribution in [0.5, 0.6) is 0 Å². The van der Waals surface area contributed by atoms with Crippen LogP contribution in [0.2, 0.25) is 0 Å². The van der Waals surface area contributed by atoms with Crippen LogP contribution in [0.1, 0.15) is 39.5 Å². The number of nitrogens with zero attached hydrogens (tertiary/aromatic N) is 5. The molecule has 0 radical (unpaired) electrons. The lowest BCUT2D eigenvalue weighted by atomic mass is 9.90. The molecule has 39 heavy (non-hydrogen) atoms. The number of rotatable bonds is 11. The zero-order valence-corrected chi connectivity index (χ0v) is 23.5. The van der Waals surface area contributed by atoms with Gasteiger partial charge in [0.1, 0.15) is 0 Å². The lowest BCUT2D eigenvalue weighted by Gasteiger charge is -2.40. The predicted molar refractivity (Wildman–Crippen MR) is 141 cm³/mol. The van der Waals surface area contributed by atoms with Crippen molar-refractivity contribution in [1.29, 1.82) is 0 Å². The molecule has 0 aromatic carbocycles. The Morgan fingerprint density at radius 1 is 1.23 bits per heavy atom. The molecule has 1 unspecified atom stereocenters. The van der Waals surface area contributed by atoms with Crippen LogP contribution < -0.4 is 0 Å². The van der Waals surface area contributed by atoms with Gasteiger partial charge in [0.15, 0.2) is 11.5 Å². The number of carbonyl (C=O) groups is 5. The Bertz CT molecular complexity index is 1170. The molecule has 212 valence electrons. The molecule has 0 aromatic rings. The van der Waals surface area contributed by atoms with Crippen molar-refractivity contribution in [2.45, 2.75) is 55.9 Å². The number of methoxy groups -OCH3 is 2. The molecular weight excluding hydrogens is 530 g/mol. The number of thioether (sulfide) groups is 1. The van der Waals surface area contributed by atoms with Gasteiger partial charge in [-0.2, -0.15) is 0 Å². The maximum Gasteiger partial charge on any atom is 0.349 e. The van der Waals surface area contributed by atoms with Gasteiger partial charge in [-0.1, -0.05) is 36.3 Å². The molecule has 4 heterocycles. The average Bonchev–Trinajstić information content (AvgIpc) is 3.62. The van der Waals surface area contributed by atoms with E-state index in [0.717, 1.165) is 17.5 Å². The van der Waals surface area contributed by atoms with E-state index in [4.69, 9.17) is 14.3 Å². The molecule has 0 aliphatic carbocycles. The Labute approximate surface area is 230 Å². The Morgan fingerprint density at radius 2 is 1.97 bits per heavy atom. The molecular formula is C25H33N5O8S. The van der Waals surface area contributed by atoms with E-state index < -0.39 is 40.0 Å². The second-order valence-electron chi connectivity index (χ2n) is 9.83. The number of hydrogen-bond acceptors (Lipinski definition) is 11. The van der Waals surface area contributed by atoms with Crippen molar-refractivity contribution >= 4 is 52.8 Å². The standard InChI is InChI=1S/C25H33N5O8S/c1-6-7-18(22(33)36-4)38-27-19(16-9-8-14(2)26-16)17(31)12-15-20(32)29-13-25(23(34)37-5,39-21(15)29)30-11-10-28(3)24(30)35/h9,15,18,21H,6-8,10-13H2,1-5H3/b27-19-/t15-,18?,21-,25-/m1/s1. The summed E-state index contributed by atoms with van der Waals surface area (Å²) < 4.78 is 9.83. The fourth-order valence-corrected chi connectivity index (χ4v) is 6.80. The van der Waals surface area contributed by atoms with Crippen LogP contribution in [0, 0.1) is 5.92 Å². The summed E-state index contributed by atoms with van der Waals surface area (Å²) in [4.78, 5) is 77.4. The van der Waals surface area contributed by atoms with E-state index in [-0.39, 0.29) is 30.6 Å². The molecule has 3 saturated heterocycles. The minimum Gasteiger partial charge on any atom is -0.467 e.